The first-order valence-corrected chi connectivity index (χ1v) is 10.4. The predicted molar refractivity (Wildman–Crippen MR) is 125 cm³/mol. The molecule has 176 valence electrons. The number of non-ortho nitro benzene ring substituents is 1. The summed E-state index contributed by atoms with van der Waals surface area (Å²) in [5.41, 5.74) is 8.94. The van der Waals surface area contributed by atoms with Gasteiger partial charge in [-0.25, -0.2) is 5.43 Å². The lowest BCUT2D eigenvalue weighted by molar-refractivity contribution is -0.384. The Balaban J connectivity index is 1.64. The third-order valence-corrected chi connectivity index (χ3v) is 4.94. The van der Waals surface area contributed by atoms with Crippen LogP contribution >= 0.6 is 15.9 Å². The number of hydrazone groups is 1. The first-order valence-electron chi connectivity index (χ1n) is 9.65. The van der Waals surface area contributed by atoms with Gasteiger partial charge >= 0.3 is 0 Å². The molecule has 0 aliphatic rings. The molecule has 0 aliphatic carbocycles. The molecule has 34 heavy (non-hydrogen) atoms. The van der Waals surface area contributed by atoms with Gasteiger partial charge in [0, 0.05) is 18.3 Å². The number of benzene rings is 2. The molecule has 0 bridgehead atoms. The normalized spacial score (nSPS) is 10.8. The minimum atomic E-state index is -0.632. The summed E-state index contributed by atoms with van der Waals surface area (Å²) in [6, 6.07) is 10.9. The minimum Gasteiger partial charge on any atom is -0.493 e. The number of halogens is 1. The molecule has 0 saturated carbocycles. The van der Waals surface area contributed by atoms with Gasteiger partial charge in [0.15, 0.2) is 23.8 Å². The third kappa shape index (κ3) is 6.38. The summed E-state index contributed by atoms with van der Waals surface area (Å²) in [5.74, 6) is -0.481. The van der Waals surface area contributed by atoms with E-state index >= 15 is 0 Å². The summed E-state index contributed by atoms with van der Waals surface area (Å²) in [5, 5.41) is 18.9. The van der Waals surface area contributed by atoms with Crippen LogP contribution in [0.15, 0.2) is 58.2 Å². The van der Waals surface area contributed by atoms with Gasteiger partial charge in [-0.1, -0.05) is 12.1 Å². The number of hydrogen-bond acceptors (Lipinski definition) is 8. The van der Waals surface area contributed by atoms with E-state index in [4.69, 9.17) is 15.2 Å². The van der Waals surface area contributed by atoms with Crippen LogP contribution in [0.25, 0.3) is 0 Å². The van der Waals surface area contributed by atoms with Gasteiger partial charge in [-0.15, -0.1) is 0 Å². The Labute approximate surface area is 201 Å². The van der Waals surface area contributed by atoms with Crippen LogP contribution in [0.2, 0.25) is 0 Å². The highest BCUT2D eigenvalue weighted by Gasteiger charge is 2.15. The van der Waals surface area contributed by atoms with E-state index in [0.717, 1.165) is 5.56 Å². The molecule has 2 amide bonds. The number of rotatable bonds is 10. The molecule has 3 rings (SSSR count). The van der Waals surface area contributed by atoms with Crippen LogP contribution in [-0.4, -0.2) is 46.4 Å². The number of nitro groups is 1. The average molecular weight is 531 g/mol. The number of nitrogens with two attached hydrogens (primary N) is 1. The van der Waals surface area contributed by atoms with Gasteiger partial charge in [-0.3, -0.25) is 24.4 Å². The van der Waals surface area contributed by atoms with Crippen molar-refractivity contribution in [2.75, 3.05) is 13.7 Å². The molecular weight excluding hydrogens is 512 g/mol. The molecule has 13 heteroatoms. The fraction of sp³-hybridized carbons (Fsp3) is 0.143. The molecule has 0 spiro atoms. The fourth-order valence-corrected chi connectivity index (χ4v) is 3.29. The number of carbonyl (C=O) groups is 2. The maximum atomic E-state index is 12.5. The van der Waals surface area contributed by atoms with Crippen LogP contribution in [0.4, 0.5) is 5.69 Å². The van der Waals surface area contributed by atoms with Crippen molar-refractivity contribution in [3.05, 3.63) is 80.1 Å². The number of nitrogens with zero attached hydrogens (tertiary/aromatic N) is 4. The Kier molecular flexibility index (Phi) is 7.92. The number of methoxy groups -OCH3 is 1. The average Bonchev–Trinajstić information content (AvgIpc) is 3.18. The van der Waals surface area contributed by atoms with Crippen molar-refractivity contribution in [2.45, 2.75) is 6.54 Å². The summed E-state index contributed by atoms with van der Waals surface area (Å²) in [6.07, 6.45) is 3.00. The second-order valence-corrected chi connectivity index (χ2v) is 7.67. The monoisotopic (exact) mass is 530 g/mol. The first kappa shape index (κ1) is 24.4. The lowest BCUT2D eigenvalue weighted by atomic mass is 10.2. The van der Waals surface area contributed by atoms with Gasteiger partial charge in [0.2, 0.25) is 0 Å². The molecule has 0 atom stereocenters. The molecule has 0 fully saturated rings. The van der Waals surface area contributed by atoms with E-state index in [1.54, 1.807) is 36.5 Å². The van der Waals surface area contributed by atoms with Gasteiger partial charge in [-0.2, -0.15) is 10.2 Å². The molecule has 0 radical (unpaired) electrons. The second kappa shape index (κ2) is 11.0. The Morgan fingerprint density at radius 1 is 1.26 bits per heavy atom. The zero-order valence-corrected chi connectivity index (χ0v) is 19.4. The maximum Gasteiger partial charge on any atom is 0.293 e. The van der Waals surface area contributed by atoms with Crippen LogP contribution in [0.1, 0.15) is 21.6 Å². The van der Waals surface area contributed by atoms with Crippen molar-refractivity contribution in [3.63, 3.8) is 0 Å². The molecule has 3 N–H and O–H groups in total. The highest BCUT2D eigenvalue weighted by Crippen LogP contribution is 2.27. The smallest absolute Gasteiger partial charge is 0.293 e. The maximum absolute atomic E-state index is 12.5. The summed E-state index contributed by atoms with van der Waals surface area (Å²) in [4.78, 5) is 33.7. The Bertz CT molecular complexity index is 1240. The number of primary amides is 1. The van der Waals surface area contributed by atoms with Gasteiger partial charge in [0.25, 0.3) is 17.5 Å². The van der Waals surface area contributed by atoms with Crippen LogP contribution in [0.5, 0.6) is 11.5 Å². The van der Waals surface area contributed by atoms with Gasteiger partial charge in [0.05, 0.1) is 29.3 Å². The standard InChI is InChI=1S/C21H19BrN6O6/c1-33-17-7-4-14(8-18(17)34-12-19(23)29)9-24-25-21(30)20-16(22)11-27(26-20)10-13-2-5-15(6-3-13)28(31)32/h2-9,11H,10,12H2,1H3,(H2,23,29)(H,25,30)/b24-9+. The van der Waals surface area contributed by atoms with E-state index in [1.165, 1.54) is 30.1 Å². The summed E-state index contributed by atoms with van der Waals surface area (Å²) < 4.78 is 12.5. The van der Waals surface area contributed by atoms with Crippen LogP contribution in [0, 0.1) is 10.1 Å². The van der Waals surface area contributed by atoms with E-state index in [0.29, 0.717) is 28.1 Å². The highest BCUT2D eigenvalue weighted by atomic mass is 79.9. The van der Waals surface area contributed by atoms with E-state index in [2.05, 4.69) is 31.6 Å². The Morgan fingerprint density at radius 3 is 2.65 bits per heavy atom. The van der Waals surface area contributed by atoms with Crippen LogP contribution in [-0.2, 0) is 11.3 Å². The lowest BCUT2D eigenvalue weighted by Gasteiger charge is -2.09. The van der Waals surface area contributed by atoms with Crippen molar-refractivity contribution in [3.8, 4) is 11.5 Å². The number of carbonyl (C=O) groups excluding carboxylic acids is 2. The number of nitrogens with one attached hydrogen (secondary N) is 1. The quantitative estimate of drug-likeness (QED) is 0.230. The summed E-state index contributed by atoms with van der Waals surface area (Å²) in [6.45, 7) is -0.00266. The third-order valence-electron chi connectivity index (χ3n) is 4.36. The predicted octanol–water partition coefficient (Wildman–Crippen LogP) is 2.24. The number of aromatic nitrogens is 2. The molecule has 3 aromatic rings. The van der Waals surface area contributed by atoms with Crippen molar-refractivity contribution < 1.29 is 24.0 Å². The van der Waals surface area contributed by atoms with Crippen molar-refractivity contribution in [2.24, 2.45) is 10.8 Å². The van der Waals surface area contributed by atoms with Gasteiger partial charge in [-0.05, 0) is 45.3 Å². The summed E-state index contributed by atoms with van der Waals surface area (Å²) in [7, 11) is 1.46. The largest absolute Gasteiger partial charge is 0.493 e. The lowest BCUT2D eigenvalue weighted by Crippen LogP contribution is -2.20. The number of ether oxygens (including phenoxy) is 2. The topological polar surface area (TPSA) is 164 Å². The van der Waals surface area contributed by atoms with Crippen molar-refractivity contribution >= 4 is 39.6 Å². The molecule has 0 aliphatic heterocycles. The number of hydrogen-bond donors (Lipinski definition) is 2. The Morgan fingerprint density at radius 2 is 2.00 bits per heavy atom. The molecule has 1 aromatic heterocycles. The van der Waals surface area contributed by atoms with Gasteiger partial charge in [0.1, 0.15) is 0 Å². The van der Waals surface area contributed by atoms with Crippen molar-refractivity contribution in [1.82, 2.24) is 15.2 Å². The zero-order valence-electron chi connectivity index (χ0n) is 17.8. The van der Waals surface area contributed by atoms with Crippen LogP contribution in [0.3, 0.4) is 0 Å². The summed E-state index contributed by atoms with van der Waals surface area (Å²) >= 11 is 3.30. The van der Waals surface area contributed by atoms with Gasteiger partial charge < -0.3 is 15.2 Å². The minimum absolute atomic E-state index is 0.00765. The number of nitro benzene ring substituents is 1. The van der Waals surface area contributed by atoms with E-state index in [9.17, 15) is 19.7 Å². The first-order chi connectivity index (χ1) is 16.3. The van der Waals surface area contributed by atoms with Crippen LogP contribution < -0.4 is 20.6 Å². The molecule has 1 heterocycles. The van der Waals surface area contributed by atoms with E-state index < -0.39 is 16.7 Å². The van der Waals surface area contributed by atoms with E-state index in [-0.39, 0.29) is 18.0 Å². The molecule has 12 nitrogen and oxygen atoms in total. The highest BCUT2D eigenvalue weighted by molar-refractivity contribution is 9.10. The fourth-order valence-electron chi connectivity index (χ4n) is 2.80. The van der Waals surface area contributed by atoms with E-state index in [1.807, 2.05) is 0 Å². The SMILES string of the molecule is COc1ccc(/C=N/NC(=O)c2nn(Cc3ccc([N+](=O)[O-])cc3)cc2Br)cc1OCC(N)=O. The Hall–Kier alpha value is -4.26. The molecule has 0 saturated heterocycles. The van der Waals surface area contributed by atoms with Crippen molar-refractivity contribution in [1.29, 1.82) is 0 Å². The molecule has 0 unspecified atom stereocenters. The molecular formula is C21H19BrN6O6. The number of amides is 2. The second-order valence-electron chi connectivity index (χ2n) is 6.81. The molecule has 2 aromatic carbocycles. The zero-order chi connectivity index (χ0) is 24.7.